The zero-order valence-corrected chi connectivity index (χ0v) is 13.3. The number of aromatic amines is 1. The van der Waals surface area contributed by atoms with Gasteiger partial charge in [0.05, 0.1) is 11.8 Å². The smallest absolute Gasteiger partial charge is 0.148 e. The highest BCUT2D eigenvalue weighted by atomic mass is 19.1. The van der Waals surface area contributed by atoms with Crippen LogP contribution in [0.15, 0.2) is 48.5 Å². The average Bonchev–Trinajstić information content (AvgIpc) is 2.92. The molecule has 0 aliphatic carbocycles. The third-order valence-electron chi connectivity index (χ3n) is 4.54. The monoisotopic (exact) mass is 312 g/mol. The van der Waals surface area contributed by atoms with Crippen molar-refractivity contribution in [3.8, 4) is 0 Å². The summed E-state index contributed by atoms with van der Waals surface area (Å²) in [5.74, 6) is -0.437. The topological polar surface area (TPSA) is 62.0 Å². The van der Waals surface area contributed by atoms with Crippen LogP contribution in [0.4, 0.5) is 10.1 Å². The van der Waals surface area contributed by atoms with Crippen LogP contribution in [-0.4, -0.2) is 16.2 Å². The first-order valence-corrected chi connectivity index (χ1v) is 7.68. The predicted octanol–water partition coefficient (Wildman–Crippen LogP) is 3.77. The van der Waals surface area contributed by atoms with Gasteiger partial charge in [-0.25, -0.2) is 4.39 Å². The Morgan fingerprint density at radius 2 is 1.87 bits per heavy atom. The highest BCUT2D eigenvalue weighted by Crippen LogP contribution is 2.32. The summed E-state index contributed by atoms with van der Waals surface area (Å²) in [6.07, 6.45) is -0.0140. The SMILES string of the molecule is CC(C)(c1cc2cc(N)c(F)cc2[nH]1)C(O)Cc1ccccc1. The van der Waals surface area contributed by atoms with Gasteiger partial charge in [-0.05, 0) is 24.1 Å². The fourth-order valence-electron chi connectivity index (χ4n) is 2.79. The van der Waals surface area contributed by atoms with Crippen molar-refractivity contribution in [3.63, 3.8) is 0 Å². The zero-order valence-electron chi connectivity index (χ0n) is 13.3. The molecule has 0 fully saturated rings. The molecule has 0 aliphatic heterocycles. The summed E-state index contributed by atoms with van der Waals surface area (Å²) in [5, 5.41) is 11.5. The lowest BCUT2D eigenvalue weighted by Crippen LogP contribution is -2.35. The van der Waals surface area contributed by atoms with Crippen LogP contribution in [0, 0.1) is 5.82 Å². The highest BCUT2D eigenvalue weighted by molar-refractivity contribution is 5.84. The standard InChI is InChI=1S/C19H21FN2O/c1-19(2,18(23)8-12-6-4-3-5-7-12)17-10-13-9-15(21)14(20)11-16(13)22-17/h3-7,9-11,18,22-23H,8,21H2,1-2H3. The Balaban J connectivity index is 1.92. The van der Waals surface area contributed by atoms with Gasteiger partial charge in [0.2, 0.25) is 0 Å². The number of aliphatic hydroxyl groups is 1. The molecule has 0 saturated heterocycles. The fourth-order valence-corrected chi connectivity index (χ4v) is 2.79. The molecule has 1 heterocycles. The van der Waals surface area contributed by atoms with Crippen LogP contribution in [0.3, 0.4) is 0 Å². The molecule has 3 nitrogen and oxygen atoms in total. The molecule has 23 heavy (non-hydrogen) atoms. The Hall–Kier alpha value is -2.33. The molecule has 2 aromatic carbocycles. The maximum absolute atomic E-state index is 13.6. The largest absolute Gasteiger partial charge is 0.396 e. The molecule has 1 aromatic heterocycles. The van der Waals surface area contributed by atoms with Crippen molar-refractivity contribution in [3.05, 3.63) is 65.6 Å². The number of nitrogens with two attached hydrogens (primary N) is 1. The number of benzene rings is 2. The van der Waals surface area contributed by atoms with Crippen LogP contribution >= 0.6 is 0 Å². The van der Waals surface area contributed by atoms with E-state index in [0.29, 0.717) is 11.9 Å². The van der Waals surface area contributed by atoms with Gasteiger partial charge in [-0.3, -0.25) is 0 Å². The van der Waals surface area contributed by atoms with Crippen molar-refractivity contribution in [2.24, 2.45) is 0 Å². The minimum absolute atomic E-state index is 0.130. The Labute approximate surface area is 135 Å². The lowest BCUT2D eigenvalue weighted by atomic mass is 9.80. The number of hydrogen-bond donors (Lipinski definition) is 3. The van der Waals surface area contributed by atoms with Gasteiger partial charge >= 0.3 is 0 Å². The quantitative estimate of drug-likeness (QED) is 0.642. The number of H-pyrrole nitrogens is 1. The highest BCUT2D eigenvalue weighted by Gasteiger charge is 2.31. The molecular formula is C19H21FN2O. The van der Waals surface area contributed by atoms with E-state index in [-0.39, 0.29) is 5.69 Å². The Morgan fingerprint density at radius 3 is 2.57 bits per heavy atom. The second kappa shape index (κ2) is 5.70. The van der Waals surface area contributed by atoms with E-state index in [1.165, 1.54) is 6.07 Å². The van der Waals surface area contributed by atoms with Gasteiger partial charge < -0.3 is 15.8 Å². The summed E-state index contributed by atoms with van der Waals surface area (Å²) < 4.78 is 13.6. The maximum atomic E-state index is 13.6. The second-order valence-corrected chi connectivity index (χ2v) is 6.57. The Kier molecular flexibility index (Phi) is 3.86. The first kappa shape index (κ1) is 15.6. The normalized spacial score (nSPS) is 13.4. The van der Waals surface area contributed by atoms with Crippen LogP contribution in [0.25, 0.3) is 10.9 Å². The van der Waals surface area contributed by atoms with Crippen molar-refractivity contribution in [1.29, 1.82) is 0 Å². The maximum Gasteiger partial charge on any atom is 0.148 e. The van der Waals surface area contributed by atoms with Crippen molar-refractivity contribution in [1.82, 2.24) is 4.98 Å². The molecular weight excluding hydrogens is 291 g/mol. The summed E-state index contributed by atoms with van der Waals surface area (Å²) in [4.78, 5) is 3.22. The first-order chi connectivity index (χ1) is 10.9. The van der Waals surface area contributed by atoms with Gasteiger partial charge in [0, 0.05) is 28.1 Å². The lowest BCUT2D eigenvalue weighted by Gasteiger charge is -2.30. The predicted molar refractivity (Wildman–Crippen MR) is 91.8 cm³/mol. The minimum Gasteiger partial charge on any atom is -0.396 e. The van der Waals surface area contributed by atoms with Crippen molar-refractivity contribution < 1.29 is 9.50 Å². The van der Waals surface area contributed by atoms with E-state index < -0.39 is 17.3 Å². The van der Waals surface area contributed by atoms with Gasteiger partial charge in [-0.1, -0.05) is 44.2 Å². The summed E-state index contributed by atoms with van der Waals surface area (Å²) in [7, 11) is 0. The summed E-state index contributed by atoms with van der Waals surface area (Å²) >= 11 is 0. The molecule has 4 N–H and O–H groups in total. The molecule has 0 bridgehead atoms. The number of anilines is 1. The van der Waals surface area contributed by atoms with E-state index in [0.717, 1.165) is 16.6 Å². The van der Waals surface area contributed by atoms with E-state index >= 15 is 0 Å². The van der Waals surface area contributed by atoms with Gasteiger partial charge in [0.25, 0.3) is 0 Å². The summed E-state index contributed by atoms with van der Waals surface area (Å²) in [6, 6.07) is 14.8. The zero-order chi connectivity index (χ0) is 16.6. The van der Waals surface area contributed by atoms with Gasteiger partial charge in [0.1, 0.15) is 5.82 Å². The molecule has 4 heteroatoms. The van der Waals surface area contributed by atoms with E-state index in [9.17, 15) is 9.50 Å². The molecule has 3 rings (SSSR count). The summed E-state index contributed by atoms with van der Waals surface area (Å²) in [5.41, 5.74) is 7.89. The van der Waals surface area contributed by atoms with Crippen LogP contribution in [0.2, 0.25) is 0 Å². The molecule has 0 saturated carbocycles. The lowest BCUT2D eigenvalue weighted by molar-refractivity contribution is 0.0981. The number of aromatic nitrogens is 1. The van der Waals surface area contributed by atoms with Crippen LogP contribution in [0.1, 0.15) is 25.1 Å². The Morgan fingerprint density at radius 1 is 1.17 bits per heavy atom. The minimum atomic E-state index is -0.569. The fraction of sp³-hybridized carbons (Fsp3) is 0.263. The summed E-state index contributed by atoms with van der Waals surface area (Å²) in [6.45, 7) is 3.95. The number of hydrogen-bond acceptors (Lipinski definition) is 2. The van der Waals surface area contributed by atoms with Gasteiger partial charge in [-0.15, -0.1) is 0 Å². The second-order valence-electron chi connectivity index (χ2n) is 6.57. The number of rotatable bonds is 4. The third-order valence-corrected chi connectivity index (χ3v) is 4.54. The number of aliphatic hydroxyl groups excluding tert-OH is 1. The first-order valence-electron chi connectivity index (χ1n) is 7.68. The third kappa shape index (κ3) is 2.94. The van der Waals surface area contributed by atoms with Gasteiger partial charge in [0.15, 0.2) is 0 Å². The van der Waals surface area contributed by atoms with Crippen LogP contribution < -0.4 is 5.73 Å². The van der Waals surface area contributed by atoms with E-state index in [1.54, 1.807) is 6.07 Å². The molecule has 0 radical (unpaired) electrons. The number of fused-ring (bicyclic) bond motifs is 1. The number of nitrogen functional groups attached to an aromatic ring is 1. The molecule has 0 amide bonds. The van der Waals surface area contributed by atoms with E-state index in [1.807, 2.05) is 50.2 Å². The van der Waals surface area contributed by atoms with Crippen LogP contribution in [0.5, 0.6) is 0 Å². The molecule has 1 unspecified atom stereocenters. The van der Waals surface area contributed by atoms with E-state index in [2.05, 4.69) is 4.98 Å². The van der Waals surface area contributed by atoms with Crippen molar-refractivity contribution in [2.75, 3.05) is 5.73 Å². The molecule has 0 spiro atoms. The van der Waals surface area contributed by atoms with Gasteiger partial charge in [-0.2, -0.15) is 0 Å². The molecule has 3 aromatic rings. The van der Waals surface area contributed by atoms with Crippen molar-refractivity contribution >= 4 is 16.6 Å². The molecule has 120 valence electrons. The van der Waals surface area contributed by atoms with E-state index in [4.69, 9.17) is 5.73 Å². The number of nitrogens with one attached hydrogen (secondary N) is 1. The average molecular weight is 312 g/mol. The molecule has 1 atom stereocenters. The number of halogens is 1. The Bertz CT molecular complexity index is 785. The van der Waals surface area contributed by atoms with Crippen molar-refractivity contribution in [2.45, 2.75) is 31.8 Å². The van der Waals surface area contributed by atoms with Crippen LogP contribution in [-0.2, 0) is 11.8 Å². The molecule has 0 aliphatic rings.